The Morgan fingerprint density at radius 2 is 1.70 bits per heavy atom. The molecule has 0 saturated carbocycles. The normalized spacial score (nSPS) is 11.1. The number of rotatable bonds is 3. The predicted molar refractivity (Wildman–Crippen MR) is 36.4 cm³/mol. The molecule has 0 aliphatic heterocycles. The molecule has 0 fully saturated rings. The van der Waals surface area contributed by atoms with Crippen LogP contribution in [0.5, 0.6) is 0 Å². The Kier molecular flexibility index (Phi) is 3.57. The summed E-state index contributed by atoms with van der Waals surface area (Å²) in [5.74, 6) is 0. The third-order valence-electron chi connectivity index (χ3n) is 0.923. The van der Waals surface area contributed by atoms with Gasteiger partial charge in [-0.25, -0.2) is 4.57 Å². The van der Waals surface area contributed by atoms with Crippen LogP contribution in [0.1, 0.15) is 0 Å². The first-order valence-corrected chi connectivity index (χ1v) is 3.99. The van der Waals surface area contributed by atoms with Crippen molar-refractivity contribution in [2.24, 2.45) is 0 Å². The third kappa shape index (κ3) is 1.80. The van der Waals surface area contributed by atoms with Crippen LogP contribution in [0, 0.1) is 5.41 Å². The lowest BCUT2D eigenvalue weighted by atomic mass is 11.4. The summed E-state index contributed by atoms with van der Waals surface area (Å²) >= 11 is 0. The fourth-order valence-electron chi connectivity index (χ4n) is 0.352. The molecule has 0 rings (SSSR count). The van der Waals surface area contributed by atoms with Crippen LogP contribution in [-0.4, -0.2) is 27.0 Å². The van der Waals surface area contributed by atoms with Gasteiger partial charge in [-0.3, -0.25) is 5.41 Å². The molecule has 0 aromatic carbocycles. The van der Waals surface area contributed by atoms with E-state index in [2.05, 4.69) is 13.8 Å². The third-order valence-corrected chi connectivity index (χ3v) is 2.56. The van der Waals surface area contributed by atoms with E-state index in [9.17, 15) is 4.57 Å². The van der Waals surface area contributed by atoms with Crippen LogP contribution in [0.15, 0.2) is 0 Å². The number of hydrogen-bond acceptors (Lipinski definition) is 5. The fraction of sp³-hybridized carbons (Fsp3) is 0.750. The molecule has 0 atom stereocenters. The predicted octanol–water partition coefficient (Wildman–Crippen LogP) is 1.05. The minimum absolute atomic E-state index is 0.488. The molecular weight excluding hydrogens is 157 g/mol. The first-order chi connectivity index (χ1) is 4.60. The van der Waals surface area contributed by atoms with E-state index in [1.807, 2.05) is 0 Å². The van der Waals surface area contributed by atoms with Crippen molar-refractivity contribution < 1.29 is 18.3 Å². The van der Waals surface area contributed by atoms with Gasteiger partial charge in [0.25, 0.3) is 5.64 Å². The quantitative estimate of drug-likeness (QED) is 0.387. The molecule has 60 valence electrons. The van der Waals surface area contributed by atoms with Gasteiger partial charge in [0.1, 0.15) is 0 Å². The van der Waals surface area contributed by atoms with E-state index in [1.165, 1.54) is 21.3 Å². The smallest absolute Gasteiger partial charge is 0.414 e. The highest BCUT2D eigenvalue weighted by atomic mass is 31.2. The van der Waals surface area contributed by atoms with Gasteiger partial charge in [0.2, 0.25) is 0 Å². The highest BCUT2D eigenvalue weighted by molar-refractivity contribution is 7.71. The lowest BCUT2D eigenvalue weighted by Gasteiger charge is -2.11. The maximum Gasteiger partial charge on any atom is 0.414 e. The standard InChI is InChI=1S/C4H10NO4P/c1-7-4(5)10(6,8-2)9-3/h5H,1-3H3. The highest BCUT2D eigenvalue weighted by Crippen LogP contribution is 2.47. The Morgan fingerprint density at radius 1 is 1.30 bits per heavy atom. The Labute approximate surface area is 59.3 Å². The zero-order valence-corrected chi connectivity index (χ0v) is 6.97. The highest BCUT2D eigenvalue weighted by Gasteiger charge is 2.29. The van der Waals surface area contributed by atoms with Crippen LogP contribution >= 0.6 is 7.60 Å². The van der Waals surface area contributed by atoms with Gasteiger partial charge >= 0.3 is 7.60 Å². The zero-order valence-electron chi connectivity index (χ0n) is 6.08. The number of ether oxygens (including phenoxy) is 1. The van der Waals surface area contributed by atoms with E-state index in [-0.39, 0.29) is 0 Å². The van der Waals surface area contributed by atoms with Crippen molar-refractivity contribution in [2.45, 2.75) is 0 Å². The molecule has 0 amide bonds. The molecule has 0 radical (unpaired) electrons. The summed E-state index contributed by atoms with van der Waals surface area (Å²) in [7, 11) is 0.203. The minimum Gasteiger partial charge on any atom is -0.476 e. The summed E-state index contributed by atoms with van der Waals surface area (Å²) < 4.78 is 24.3. The second kappa shape index (κ2) is 3.71. The van der Waals surface area contributed by atoms with Crippen molar-refractivity contribution in [1.82, 2.24) is 0 Å². The molecule has 0 aliphatic carbocycles. The Bertz CT molecular complexity index is 161. The SMILES string of the molecule is COC(=N)P(=O)(OC)OC. The van der Waals surface area contributed by atoms with Gasteiger partial charge in [0.15, 0.2) is 0 Å². The Balaban J connectivity index is 4.34. The molecule has 0 saturated heterocycles. The average Bonchev–Trinajstić information content (AvgIpc) is 2.01. The van der Waals surface area contributed by atoms with E-state index in [0.717, 1.165) is 0 Å². The number of hydrogen-bond donors (Lipinski definition) is 1. The lowest BCUT2D eigenvalue weighted by Crippen LogP contribution is -2.03. The van der Waals surface area contributed by atoms with Crippen LogP contribution in [0.2, 0.25) is 0 Å². The molecule has 0 unspecified atom stereocenters. The van der Waals surface area contributed by atoms with E-state index in [4.69, 9.17) is 5.41 Å². The van der Waals surface area contributed by atoms with Crippen LogP contribution < -0.4 is 0 Å². The molecule has 0 aromatic rings. The largest absolute Gasteiger partial charge is 0.476 e. The molecule has 0 spiro atoms. The van der Waals surface area contributed by atoms with Crippen LogP contribution in [0.4, 0.5) is 0 Å². The number of methoxy groups -OCH3 is 1. The Hall–Kier alpha value is -0.380. The molecule has 0 aromatic heterocycles. The van der Waals surface area contributed by atoms with Crippen molar-refractivity contribution in [3.8, 4) is 0 Å². The second-order valence-electron chi connectivity index (χ2n) is 1.37. The summed E-state index contributed by atoms with van der Waals surface area (Å²) in [5, 5.41) is 6.96. The number of nitrogens with one attached hydrogen (secondary N) is 1. The average molecular weight is 167 g/mol. The van der Waals surface area contributed by atoms with E-state index in [1.54, 1.807) is 0 Å². The maximum atomic E-state index is 11.1. The van der Waals surface area contributed by atoms with Gasteiger partial charge < -0.3 is 13.8 Å². The van der Waals surface area contributed by atoms with E-state index < -0.39 is 13.2 Å². The van der Waals surface area contributed by atoms with Crippen molar-refractivity contribution in [3.63, 3.8) is 0 Å². The fourth-order valence-corrected chi connectivity index (χ4v) is 1.06. The maximum absolute atomic E-state index is 11.1. The summed E-state index contributed by atoms with van der Waals surface area (Å²) in [6.45, 7) is 0. The first-order valence-electron chi connectivity index (χ1n) is 2.45. The molecule has 5 nitrogen and oxygen atoms in total. The molecule has 6 heteroatoms. The summed E-state index contributed by atoms with van der Waals surface area (Å²) in [5.41, 5.74) is -0.488. The van der Waals surface area contributed by atoms with Crippen molar-refractivity contribution >= 4 is 13.2 Å². The van der Waals surface area contributed by atoms with Crippen molar-refractivity contribution in [1.29, 1.82) is 5.41 Å². The van der Waals surface area contributed by atoms with E-state index in [0.29, 0.717) is 0 Å². The van der Waals surface area contributed by atoms with E-state index >= 15 is 0 Å². The molecule has 0 bridgehead atoms. The van der Waals surface area contributed by atoms with Gasteiger partial charge in [0, 0.05) is 14.2 Å². The molecule has 1 N–H and O–H groups in total. The Morgan fingerprint density at radius 3 is 1.80 bits per heavy atom. The topological polar surface area (TPSA) is 68.6 Å². The van der Waals surface area contributed by atoms with Gasteiger partial charge in [-0.1, -0.05) is 0 Å². The van der Waals surface area contributed by atoms with Crippen molar-refractivity contribution in [2.75, 3.05) is 21.3 Å². The molecule has 0 heterocycles. The van der Waals surface area contributed by atoms with Gasteiger partial charge in [-0.2, -0.15) is 0 Å². The first kappa shape index (κ1) is 9.62. The van der Waals surface area contributed by atoms with Gasteiger partial charge in [0.05, 0.1) is 7.11 Å². The van der Waals surface area contributed by atoms with Gasteiger partial charge in [-0.05, 0) is 0 Å². The van der Waals surface area contributed by atoms with Crippen LogP contribution in [0.3, 0.4) is 0 Å². The minimum atomic E-state index is -3.41. The van der Waals surface area contributed by atoms with Crippen LogP contribution in [0.25, 0.3) is 0 Å². The lowest BCUT2D eigenvalue weighted by molar-refractivity contribution is 0.275. The summed E-state index contributed by atoms with van der Waals surface area (Å²) in [6, 6.07) is 0. The second-order valence-corrected chi connectivity index (χ2v) is 3.50. The van der Waals surface area contributed by atoms with Crippen molar-refractivity contribution in [3.05, 3.63) is 0 Å². The molecule has 0 aliphatic rings. The monoisotopic (exact) mass is 167 g/mol. The summed E-state index contributed by atoms with van der Waals surface area (Å²) in [4.78, 5) is 0. The van der Waals surface area contributed by atoms with Crippen LogP contribution in [-0.2, 0) is 18.3 Å². The van der Waals surface area contributed by atoms with Gasteiger partial charge in [-0.15, -0.1) is 0 Å². The molecule has 10 heavy (non-hydrogen) atoms. The zero-order chi connectivity index (χ0) is 8.20. The molecular formula is C4H10NO4P. The summed E-state index contributed by atoms with van der Waals surface area (Å²) in [6.07, 6.45) is 0.